The van der Waals surface area contributed by atoms with Crippen LogP contribution in [0, 0.1) is 12.7 Å². The van der Waals surface area contributed by atoms with E-state index in [1.54, 1.807) is 0 Å². The van der Waals surface area contributed by atoms with Crippen molar-refractivity contribution in [3.05, 3.63) is 71.0 Å². The molecular formula is C23H28FNO3. The molecule has 0 spiro atoms. The van der Waals surface area contributed by atoms with Crippen molar-refractivity contribution in [2.45, 2.75) is 38.4 Å². The van der Waals surface area contributed by atoms with Gasteiger partial charge >= 0.3 is 5.97 Å². The number of benzene rings is 2. The van der Waals surface area contributed by atoms with E-state index in [2.05, 4.69) is 4.90 Å². The first-order chi connectivity index (χ1) is 13.6. The molecule has 1 aliphatic heterocycles. The molecule has 0 amide bonds. The fourth-order valence-corrected chi connectivity index (χ4v) is 3.65. The average Bonchev–Trinajstić information content (AvgIpc) is 2.71. The fourth-order valence-electron chi connectivity index (χ4n) is 3.65. The third-order valence-electron chi connectivity index (χ3n) is 5.37. The van der Waals surface area contributed by atoms with Gasteiger partial charge in [0.05, 0.1) is 0 Å². The maximum Gasteiger partial charge on any atom is 0.340 e. The van der Waals surface area contributed by atoms with Gasteiger partial charge in [-0.3, -0.25) is 0 Å². The van der Waals surface area contributed by atoms with Crippen LogP contribution in [0.25, 0.3) is 0 Å². The van der Waals surface area contributed by atoms with Crippen LogP contribution in [0.1, 0.15) is 35.6 Å². The second kappa shape index (κ2) is 9.80. The molecule has 0 N–H and O–H groups in total. The van der Waals surface area contributed by atoms with Gasteiger partial charge in [-0.25, -0.2) is 9.18 Å². The summed E-state index contributed by atoms with van der Waals surface area (Å²) >= 11 is 0. The standard InChI is InChI=1S/C23H28FNO3/c1-17-5-3-4-6-21(17)22(27-2)23(26)28-20-12-15-25(16-13-20)14-11-18-7-9-19(24)10-8-18/h3-10,20,22H,11-16H2,1-2H3. The van der Waals surface area contributed by atoms with Crippen LogP contribution in [0.4, 0.5) is 4.39 Å². The zero-order valence-corrected chi connectivity index (χ0v) is 16.6. The normalized spacial score (nSPS) is 16.7. The minimum Gasteiger partial charge on any atom is -0.460 e. The SMILES string of the molecule is COC(C(=O)OC1CCN(CCc2ccc(F)cc2)CC1)c1ccccc1C. The topological polar surface area (TPSA) is 38.8 Å². The number of nitrogens with zero attached hydrogens (tertiary/aromatic N) is 1. The van der Waals surface area contributed by atoms with Crippen LogP contribution in [-0.2, 0) is 20.7 Å². The van der Waals surface area contributed by atoms with Gasteiger partial charge in [0.2, 0.25) is 0 Å². The zero-order valence-electron chi connectivity index (χ0n) is 16.6. The van der Waals surface area contributed by atoms with Gasteiger partial charge in [-0.1, -0.05) is 36.4 Å². The van der Waals surface area contributed by atoms with E-state index in [0.717, 1.165) is 55.6 Å². The van der Waals surface area contributed by atoms with Gasteiger partial charge in [-0.05, 0) is 55.0 Å². The van der Waals surface area contributed by atoms with Crippen LogP contribution < -0.4 is 0 Å². The van der Waals surface area contributed by atoms with Gasteiger partial charge in [0.15, 0.2) is 6.10 Å². The summed E-state index contributed by atoms with van der Waals surface area (Å²) in [7, 11) is 1.54. The summed E-state index contributed by atoms with van der Waals surface area (Å²) in [6.45, 7) is 4.67. The van der Waals surface area contributed by atoms with E-state index < -0.39 is 6.10 Å². The maximum absolute atomic E-state index is 13.0. The number of carbonyl (C=O) groups excluding carboxylic acids is 1. The van der Waals surface area contributed by atoms with Gasteiger partial charge < -0.3 is 14.4 Å². The van der Waals surface area contributed by atoms with Crippen LogP contribution in [0.3, 0.4) is 0 Å². The van der Waals surface area contributed by atoms with Crippen LogP contribution in [0.15, 0.2) is 48.5 Å². The van der Waals surface area contributed by atoms with E-state index in [1.165, 1.54) is 19.2 Å². The molecule has 1 saturated heterocycles. The first kappa shape index (κ1) is 20.5. The fraction of sp³-hybridized carbons (Fsp3) is 0.435. The van der Waals surface area contributed by atoms with Gasteiger partial charge in [0, 0.05) is 26.7 Å². The lowest BCUT2D eigenvalue weighted by Gasteiger charge is -2.32. The monoisotopic (exact) mass is 385 g/mol. The Morgan fingerprint density at radius 2 is 1.82 bits per heavy atom. The first-order valence-electron chi connectivity index (χ1n) is 9.82. The summed E-state index contributed by atoms with van der Waals surface area (Å²) in [4.78, 5) is 15.0. The highest BCUT2D eigenvalue weighted by Crippen LogP contribution is 2.24. The Morgan fingerprint density at radius 3 is 2.46 bits per heavy atom. The molecular weight excluding hydrogens is 357 g/mol. The van der Waals surface area contributed by atoms with E-state index in [1.807, 2.05) is 43.3 Å². The van der Waals surface area contributed by atoms with Crippen molar-refractivity contribution in [3.8, 4) is 0 Å². The molecule has 0 saturated carbocycles. The molecule has 0 aromatic heterocycles. The number of aryl methyl sites for hydroxylation is 1. The number of halogens is 1. The molecule has 1 aliphatic rings. The molecule has 0 radical (unpaired) electrons. The Kier molecular flexibility index (Phi) is 7.18. The summed E-state index contributed by atoms with van der Waals surface area (Å²) in [5.41, 5.74) is 3.00. The minimum absolute atomic E-state index is 0.0729. The predicted molar refractivity (Wildman–Crippen MR) is 107 cm³/mol. The smallest absolute Gasteiger partial charge is 0.340 e. The first-order valence-corrected chi connectivity index (χ1v) is 9.82. The molecule has 150 valence electrons. The Bertz CT molecular complexity index is 770. The number of hydrogen-bond donors (Lipinski definition) is 0. The lowest BCUT2D eigenvalue weighted by molar-refractivity contribution is -0.163. The molecule has 0 aliphatic carbocycles. The summed E-state index contributed by atoms with van der Waals surface area (Å²) in [5.74, 6) is -0.520. The number of methoxy groups -OCH3 is 1. The minimum atomic E-state index is -0.683. The van der Waals surface area contributed by atoms with Crippen molar-refractivity contribution in [2.75, 3.05) is 26.7 Å². The van der Waals surface area contributed by atoms with Gasteiger partial charge in [-0.15, -0.1) is 0 Å². The molecule has 2 aromatic carbocycles. The Labute approximate surface area is 166 Å². The highest BCUT2D eigenvalue weighted by molar-refractivity contribution is 5.77. The number of hydrogen-bond acceptors (Lipinski definition) is 4. The van der Waals surface area contributed by atoms with E-state index in [-0.39, 0.29) is 17.9 Å². The van der Waals surface area contributed by atoms with Crippen LogP contribution in [0.5, 0.6) is 0 Å². The molecule has 3 rings (SSSR count). The number of likely N-dealkylation sites (tertiary alicyclic amines) is 1. The van der Waals surface area contributed by atoms with Crippen molar-refractivity contribution in [3.63, 3.8) is 0 Å². The van der Waals surface area contributed by atoms with Gasteiger partial charge in [0.25, 0.3) is 0 Å². The van der Waals surface area contributed by atoms with Crippen molar-refractivity contribution in [1.82, 2.24) is 4.90 Å². The molecule has 2 aromatic rings. The van der Waals surface area contributed by atoms with Crippen molar-refractivity contribution >= 4 is 5.97 Å². The quantitative estimate of drug-likeness (QED) is 0.674. The Balaban J connectivity index is 1.46. The van der Waals surface area contributed by atoms with E-state index in [9.17, 15) is 9.18 Å². The number of rotatable bonds is 7. The molecule has 1 unspecified atom stereocenters. The maximum atomic E-state index is 13.0. The number of ether oxygens (including phenoxy) is 2. The van der Waals surface area contributed by atoms with Crippen molar-refractivity contribution in [2.24, 2.45) is 0 Å². The molecule has 1 heterocycles. The lowest BCUT2D eigenvalue weighted by Crippen LogP contribution is -2.39. The highest BCUT2D eigenvalue weighted by Gasteiger charge is 2.28. The second-order valence-electron chi connectivity index (χ2n) is 7.33. The van der Waals surface area contributed by atoms with E-state index >= 15 is 0 Å². The summed E-state index contributed by atoms with van der Waals surface area (Å²) < 4.78 is 24.2. The summed E-state index contributed by atoms with van der Waals surface area (Å²) in [5, 5.41) is 0. The van der Waals surface area contributed by atoms with Crippen LogP contribution in [-0.4, -0.2) is 43.7 Å². The molecule has 1 fully saturated rings. The molecule has 28 heavy (non-hydrogen) atoms. The van der Waals surface area contributed by atoms with E-state index in [0.29, 0.717) is 0 Å². The largest absolute Gasteiger partial charge is 0.460 e. The van der Waals surface area contributed by atoms with Crippen molar-refractivity contribution in [1.29, 1.82) is 0 Å². The lowest BCUT2D eigenvalue weighted by atomic mass is 10.0. The third-order valence-corrected chi connectivity index (χ3v) is 5.37. The summed E-state index contributed by atoms with van der Waals surface area (Å²) in [6, 6.07) is 14.4. The molecule has 1 atom stereocenters. The Hall–Kier alpha value is -2.24. The van der Waals surface area contributed by atoms with Crippen molar-refractivity contribution < 1.29 is 18.7 Å². The second-order valence-corrected chi connectivity index (χ2v) is 7.33. The summed E-state index contributed by atoms with van der Waals surface area (Å²) in [6.07, 6.45) is 1.77. The van der Waals surface area contributed by atoms with Crippen LogP contribution in [0.2, 0.25) is 0 Å². The number of esters is 1. The number of carbonyl (C=O) groups is 1. The zero-order chi connectivity index (χ0) is 19.9. The number of piperidine rings is 1. The molecule has 4 nitrogen and oxygen atoms in total. The highest BCUT2D eigenvalue weighted by atomic mass is 19.1. The third kappa shape index (κ3) is 5.40. The van der Waals surface area contributed by atoms with Crippen LogP contribution >= 0.6 is 0 Å². The molecule has 0 bridgehead atoms. The molecule has 5 heteroatoms. The average molecular weight is 385 g/mol. The predicted octanol–water partition coefficient (Wildman–Crippen LogP) is 4.07. The van der Waals surface area contributed by atoms with Gasteiger partial charge in [0.1, 0.15) is 11.9 Å². The van der Waals surface area contributed by atoms with Gasteiger partial charge in [-0.2, -0.15) is 0 Å². The van der Waals surface area contributed by atoms with E-state index in [4.69, 9.17) is 9.47 Å². The Morgan fingerprint density at radius 1 is 1.14 bits per heavy atom.